The number of aromatic hydroxyl groups is 1. The van der Waals surface area contributed by atoms with Crippen LogP contribution in [0, 0.1) is 0 Å². The zero-order valence-electron chi connectivity index (χ0n) is 12.1. The Kier molecular flexibility index (Phi) is 3.74. The van der Waals surface area contributed by atoms with Gasteiger partial charge in [0.25, 0.3) is 5.56 Å². The molecule has 0 aliphatic heterocycles. The van der Waals surface area contributed by atoms with E-state index in [1.54, 1.807) is 23.1 Å². The third kappa shape index (κ3) is 2.50. The van der Waals surface area contributed by atoms with Crippen molar-refractivity contribution in [3.63, 3.8) is 0 Å². The van der Waals surface area contributed by atoms with Gasteiger partial charge in [0.15, 0.2) is 5.75 Å². The van der Waals surface area contributed by atoms with Crippen LogP contribution in [-0.4, -0.2) is 24.7 Å². The number of hydrogen-bond acceptors (Lipinski definition) is 4. The van der Waals surface area contributed by atoms with Gasteiger partial charge in [-0.25, -0.2) is 4.68 Å². The van der Waals surface area contributed by atoms with E-state index in [2.05, 4.69) is 10.3 Å². The smallest absolute Gasteiger partial charge is 0.293 e. The Hall–Kier alpha value is -2.89. The van der Waals surface area contributed by atoms with E-state index in [9.17, 15) is 9.90 Å². The topological polar surface area (TPSA) is 72.9 Å². The van der Waals surface area contributed by atoms with Crippen molar-refractivity contribution in [2.75, 3.05) is 0 Å². The maximum atomic E-state index is 12.1. The van der Waals surface area contributed by atoms with Gasteiger partial charge >= 0.3 is 0 Å². The molecule has 3 rings (SSSR count). The molecule has 112 valence electrons. The summed E-state index contributed by atoms with van der Waals surface area (Å²) in [7, 11) is 0. The molecule has 2 aromatic heterocycles. The van der Waals surface area contributed by atoms with Crippen molar-refractivity contribution >= 4 is 0 Å². The minimum atomic E-state index is -0.427. The van der Waals surface area contributed by atoms with E-state index in [-0.39, 0.29) is 11.8 Å². The highest BCUT2D eigenvalue weighted by Gasteiger charge is 2.18. The SMILES string of the molecule is CCC(c1cn(-c2ccccc2)nn1)n1cccc(O)c1=O. The van der Waals surface area contributed by atoms with E-state index < -0.39 is 5.56 Å². The van der Waals surface area contributed by atoms with Gasteiger partial charge in [-0.15, -0.1) is 5.10 Å². The van der Waals surface area contributed by atoms with Crippen LogP contribution < -0.4 is 5.56 Å². The molecule has 0 aliphatic rings. The molecular weight excluding hydrogens is 280 g/mol. The first-order chi connectivity index (χ1) is 10.7. The fourth-order valence-electron chi connectivity index (χ4n) is 2.43. The molecule has 0 radical (unpaired) electrons. The standard InChI is InChI=1S/C16H16N4O2/c1-2-14(19-10-6-9-15(21)16(19)22)13-11-20(18-17-13)12-7-4-3-5-8-12/h3-11,14,21H,2H2,1H3. The summed E-state index contributed by atoms with van der Waals surface area (Å²) in [5.41, 5.74) is 1.15. The van der Waals surface area contributed by atoms with Crippen LogP contribution in [0.2, 0.25) is 0 Å². The highest BCUT2D eigenvalue weighted by atomic mass is 16.3. The molecule has 0 fully saturated rings. The van der Waals surface area contributed by atoms with Gasteiger partial charge in [0.05, 0.1) is 17.9 Å². The highest BCUT2D eigenvalue weighted by Crippen LogP contribution is 2.19. The zero-order chi connectivity index (χ0) is 15.5. The molecular formula is C16H16N4O2. The lowest BCUT2D eigenvalue weighted by Gasteiger charge is -2.15. The summed E-state index contributed by atoms with van der Waals surface area (Å²) < 4.78 is 3.15. The predicted molar refractivity (Wildman–Crippen MR) is 82.2 cm³/mol. The highest BCUT2D eigenvalue weighted by molar-refractivity contribution is 5.30. The van der Waals surface area contributed by atoms with Crippen molar-refractivity contribution < 1.29 is 5.11 Å². The number of para-hydroxylation sites is 1. The third-order valence-corrected chi connectivity index (χ3v) is 3.55. The predicted octanol–water partition coefficient (Wildman–Crippen LogP) is 2.13. The quantitative estimate of drug-likeness (QED) is 0.800. The number of aromatic nitrogens is 4. The van der Waals surface area contributed by atoms with Crippen molar-refractivity contribution in [2.45, 2.75) is 19.4 Å². The molecule has 0 saturated carbocycles. The third-order valence-electron chi connectivity index (χ3n) is 3.55. The molecule has 6 heteroatoms. The molecule has 0 aliphatic carbocycles. The molecule has 22 heavy (non-hydrogen) atoms. The molecule has 1 atom stereocenters. The van der Waals surface area contributed by atoms with Gasteiger partial charge in [-0.2, -0.15) is 0 Å². The molecule has 0 saturated heterocycles. The maximum Gasteiger partial charge on any atom is 0.293 e. The number of nitrogens with zero attached hydrogens (tertiary/aromatic N) is 4. The maximum absolute atomic E-state index is 12.1. The number of rotatable bonds is 4. The largest absolute Gasteiger partial charge is 0.503 e. The van der Waals surface area contributed by atoms with Crippen LogP contribution in [0.4, 0.5) is 0 Å². The van der Waals surface area contributed by atoms with E-state index in [0.717, 1.165) is 5.69 Å². The lowest BCUT2D eigenvalue weighted by atomic mass is 10.1. The lowest BCUT2D eigenvalue weighted by Crippen LogP contribution is -2.24. The number of pyridine rings is 1. The first-order valence-electron chi connectivity index (χ1n) is 7.08. The van der Waals surface area contributed by atoms with Gasteiger partial charge in [-0.1, -0.05) is 30.3 Å². The van der Waals surface area contributed by atoms with Crippen molar-refractivity contribution in [2.24, 2.45) is 0 Å². The van der Waals surface area contributed by atoms with Gasteiger partial charge in [0.2, 0.25) is 0 Å². The molecule has 3 aromatic rings. The molecule has 0 spiro atoms. The second-order valence-corrected chi connectivity index (χ2v) is 4.95. The van der Waals surface area contributed by atoms with E-state index in [0.29, 0.717) is 12.1 Å². The fraction of sp³-hybridized carbons (Fsp3) is 0.188. The van der Waals surface area contributed by atoms with Crippen LogP contribution in [-0.2, 0) is 0 Å². The molecule has 1 N–H and O–H groups in total. The molecule has 0 amide bonds. The first kappa shape index (κ1) is 14.1. The molecule has 0 bridgehead atoms. The Morgan fingerprint density at radius 2 is 1.95 bits per heavy atom. The van der Waals surface area contributed by atoms with Crippen molar-refractivity contribution in [1.82, 2.24) is 19.6 Å². The second-order valence-electron chi connectivity index (χ2n) is 4.95. The normalized spacial score (nSPS) is 12.2. The molecule has 1 aromatic carbocycles. The van der Waals surface area contributed by atoms with Crippen LogP contribution in [0.5, 0.6) is 5.75 Å². The second kappa shape index (κ2) is 5.85. The Labute approximate surface area is 127 Å². The first-order valence-corrected chi connectivity index (χ1v) is 7.08. The Bertz CT molecular complexity index is 823. The van der Waals surface area contributed by atoms with Crippen molar-refractivity contribution in [3.8, 4) is 11.4 Å². The molecule has 1 unspecified atom stereocenters. The van der Waals surface area contributed by atoms with Crippen LogP contribution in [0.25, 0.3) is 5.69 Å². The van der Waals surface area contributed by atoms with E-state index in [1.807, 2.05) is 37.3 Å². The molecule has 2 heterocycles. The number of benzene rings is 1. The van der Waals surface area contributed by atoms with Gasteiger partial charge < -0.3 is 9.67 Å². The average molecular weight is 296 g/mol. The van der Waals surface area contributed by atoms with Crippen molar-refractivity contribution in [1.29, 1.82) is 0 Å². The van der Waals surface area contributed by atoms with Crippen LogP contribution >= 0.6 is 0 Å². The van der Waals surface area contributed by atoms with E-state index >= 15 is 0 Å². The minimum absolute atomic E-state index is 0.267. The summed E-state index contributed by atoms with van der Waals surface area (Å²) in [4.78, 5) is 12.1. The van der Waals surface area contributed by atoms with Crippen LogP contribution in [0.3, 0.4) is 0 Å². The fourth-order valence-corrected chi connectivity index (χ4v) is 2.43. The summed E-state index contributed by atoms with van der Waals surface area (Å²) >= 11 is 0. The Morgan fingerprint density at radius 3 is 2.68 bits per heavy atom. The monoisotopic (exact) mass is 296 g/mol. The summed E-state index contributed by atoms with van der Waals surface area (Å²) in [5, 5.41) is 17.9. The minimum Gasteiger partial charge on any atom is -0.503 e. The summed E-state index contributed by atoms with van der Waals surface area (Å²) in [5.74, 6) is -0.267. The average Bonchev–Trinajstić information content (AvgIpc) is 3.03. The zero-order valence-corrected chi connectivity index (χ0v) is 12.1. The van der Waals surface area contributed by atoms with E-state index in [1.165, 1.54) is 10.6 Å². The summed E-state index contributed by atoms with van der Waals surface area (Å²) in [6.07, 6.45) is 4.12. The van der Waals surface area contributed by atoms with Gasteiger partial charge in [-0.3, -0.25) is 4.79 Å². The van der Waals surface area contributed by atoms with Crippen molar-refractivity contribution in [3.05, 3.63) is 70.9 Å². The number of hydrogen-bond donors (Lipinski definition) is 1. The van der Waals surface area contributed by atoms with Gasteiger partial charge in [-0.05, 0) is 30.7 Å². The summed E-state index contributed by atoms with van der Waals surface area (Å²) in [6.45, 7) is 1.96. The van der Waals surface area contributed by atoms with Crippen LogP contribution in [0.15, 0.2) is 59.7 Å². The van der Waals surface area contributed by atoms with Crippen LogP contribution in [0.1, 0.15) is 25.1 Å². The van der Waals surface area contributed by atoms with Gasteiger partial charge in [0.1, 0.15) is 5.69 Å². The van der Waals surface area contributed by atoms with E-state index in [4.69, 9.17) is 0 Å². The van der Waals surface area contributed by atoms with Gasteiger partial charge in [0, 0.05) is 6.20 Å². The Morgan fingerprint density at radius 1 is 1.18 bits per heavy atom. The Balaban J connectivity index is 2.00. The summed E-state index contributed by atoms with van der Waals surface area (Å²) in [6, 6.07) is 12.4. The lowest BCUT2D eigenvalue weighted by molar-refractivity contribution is 0.444. The molecule has 6 nitrogen and oxygen atoms in total.